The van der Waals surface area contributed by atoms with Crippen molar-refractivity contribution in [2.75, 3.05) is 16.2 Å². The second-order valence-electron chi connectivity index (χ2n) is 8.27. The van der Waals surface area contributed by atoms with Crippen LogP contribution in [0.2, 0.25) is 0 Å². The van der Waals surface area contributed by atoms with Gasteiger partial charge in [0.25, 0.3) is 10.0 Å². The van der Waals surface area contributed by atoms with E-state index in [2.05, 4.69) is 25.5 Å². The van der Waals surface area contributed by atoms with Gasteiger partial charge in [-0.25, -0.2) is 8.42 Å². The summed E-state index contributed by atoms with van der Waals surface area (Å²) in [4.78, 5) is 14.2. The monoisotopic (exact) mass is 400 g/mol. The van der Waals surface area contributed by atoms with Crippen LogP contribution in [-0.4, -0.2) is 20.9 Å². The first-order chi connectivity index (χ1) is 13.1. The molecule has 150 valence electrons. The number of nitrogens with zero attached hydrogens (tertiary/aromatic N) is 1. The molecule has 1 heterocycles. The quantitative estimate of drug-likeness (QED) is 0.805. The third-order valence-electron chi connectivity index (χ3n) is 5.01. The van der Waals surface area contributed by atoms with Crippen LogP contribution in [0, 0.1) is 0 Å². The fourth-order valence-corrected chi connectivity index (χ4v) is 4.49. The Bertz CT molecular complexity index is 974. The highest BCUT2D eigenvalue weighted by Crippen LogP contribution is 2.31. The number of rotatable bonds is 5. The molecule has 0 aromatic heterocycles. The van der Waals surface area contributed by atoms with Gasteiger partial charge in [0.2, 0.25) is 5.91 Å². The molecule has 0 aliphatic carbocycles. The molecular formula is C22H28N2O3S. The van der Waals surface area contributed by atoms with E-state index in [0.717, 1.165) is 23.2 Å². The number of sulfonamides is 1. The van der Waals surface area contributed by atoms with E-state index in [1.165, 1.54) is 0 Å². The topological polar surface area (TPSA) is 66.5 Å². The van der Waals surface area contributed by atoms with E-state index in [1.807, 2.05) is 31.2 Å². The molecule has 1 N–H and O–H groups in total. The average molecular weight is 401 g/mol. The summed E-state index contributed by atoms with van der Waals surface area (Å²) >= 11 is 0. The summed E-state index contributed by atoms with van der Waals surface area (Å²) in [5, 5.41) is 0. The molecule has 0 bridgehead atoms. The Balaban J connectivity index is 1.84. The smallest absolute Gasteiger partial charge is 0.261 e. The first kappa shape index (κ1) is 20.4. The summed E-state index contributed by atoms with van der Waals surface area (Å²) < 4.78 is 28.2. The summed E-state index contributed by atoms with van der Waals surface area (Å²) in [5.41, 5.74) is 3.45. The molecule has 0 spiro atoms. The SMILES string of the molecule is CCCN1C(=O)CCc2cc(NS(=O)(=O)c3ccc(C(C)(C)C)cc3)ccc21. The maximum Gasteiger partial charge on any atom is 0.261 e. The number of hydrogen-bond acceptors (Lipinski definition) is 3. The molecule has 0 saturated heterocycles. The van der Waals surface area contributed by atoms with Crippen molar-refractivity contribution in [1.29, 1.82) is 0 Å². The van der Waals surface area contributed by atoms with Crippen LogP contribution in [-0.2, 0) is 26.7 Å². The maximum atomic E-state index is 12.8. The zero-order chi connectivity index (χ0) is 20.5. The Morgan fingerprint density at radius 3 is 2.32 bits per heavy atom. The summed E-state index contributed by atoms with van der Waals surface area (Å²) in [7, 11) is -3.67. The molecule has 28 heavy (non-hydrogen) atoms. The van der Waals surface area contributed by atoms with Gasteiger partial charge in [0.1, 0.15) is 0 Å². The van der Waals surface area contributed by atoms with Crippen LogP contribution in [0.4, 0.5) is 11.4 Å². The van der Waals surface area contributed by atoms with Crippen molar-refractivity contribution in [1.82, 2.24) is 0 Å². The Labute approximate surface area is 167 Å². The highest BCUT2D eigenvalue weighted by Gasteiger charge is 2.24. The minimum Gasteiger partial charge on any atom is -0.312 e. The van der Waals surface area contributed by atoms with E-state index in [4.69, 9.17) is 0 Å². The van der Waals surface area contributed by atoms with Crippen LogP contribution >= 0.6 is 0 Å². The van der Waals surface area contributed by atoms with Crippen LogP contribution in [0.3, 0.4) is 0 Å². The fraction of sp³-hybridized carbons (Fsp3) is 0.409. The molecule has 2 aromatic rings. The lowest BCUT2D eigenvalue weighted by Crippen LogP contribution is -2.35. The van der Waals surface area contributed by atoms with Gasteiger partial charge < -0.3 is 4.90 Å². The molecule has 6 heteroatoms. The van der Waals surface area contributed by atoms with Crippen molar-refractivity contribution in [3.8, 4) is 0 Å². The highest BCUT2D eigenvalue weighted by molar-refractivity contribution is 7.92. The van der Waals surface area contributed by atoms with E-state index >= 15 is 0 Å². The van der Waals surface area contributed by atoms with Gasteiger partial charge in [0.05, 0.1) is 4.90 Å². The van der Waals surface area contributed by atoms with Crippen molar-refractivity contribution in [2.45, 2.75) is 57.3 Å². The number of aryl methyl sites for hydroxylation is 1. The number of hydrogen-bond donors (Lipinski definition) is 1. The van der Waals surface area contributed by atoms with Crippen LogP contribution in [0.5, 0.6) is 0 Å². The zero-order valence-corrected chi connectivity index (χ0v) is 17.8. The number of carbonyl (C=O) groups is 1. The summed E-state index contributed by atoms with van der Waals surface area (Å²) in [6.45, 7) is 8.99. The normalized spacial score (nSPS) is 14.7. The Kier molecular flexibility index (Phi) is 5.53. The maximum absolute atomic E-state index is 12.8. The Morgan fingerprint density at radius 1 is 1.04 bits per heavy atom. The number of fused-ring (bicyclic) bond motifs is 1. The van der Waals surface area contributed by atoms with E-state index in [0.29, 0.717) is 25.1 Å². The first-order valence-electron chi connectivity index (χ1n) is 9.68. The first-order valence-corrected chi connectivity index (χ1v) is 11.2. The van der Waals surface area contributed by atoms with Crippen LogP contribution in [0.1, 0.15) is 51.7 Å². The third kappa shape index (κ3) is 4.22. The number of nitrogens with one attached hydrogen (secondary N) is 1. The minimum atomic E-state index is -3.67. The summed E-state index contributed by atoms with van der Waals surface area (Å²) in [6.07, 6.45) is 1.96. The molecule has 0 saturated carbocycles. The lowest BCUT2D eigenvalue weighted by Gasteiger charge is -2.29. The van der Waals surface area contributed by atoms with Gasteiger partial charge in [-0.15, -0.1) is 0 Å². The number of anilines is 2. The van der Waals surface area contributed by atoms with Crippen LogP contribution in [0.25, 0.3) is 0 Å². The lowest BCUT2D eigenvalue weighted by molar-refractivity contribution is -0.118. The second kappa shape index (κ2) is 7.59. The molecule has 1 aliphatic heterocycles. The minimum absolute atomic E-state index is 0.0317. The number of benzene rings is 2. The summed E-state index contributed by atoms with van der Waals surface area (Å²) in [6, 6.07) is 12.4. The van der Waals surface area contributed by atoms with Gasteiger partial charge in [-0.05, 0) is 59.7 Å². The van der Waals surface area contributed by atoms with Crippen molar-refractivity contribution >= 4 is 27.3 Å². The molecule has 3 rings (SSSR count). The van der Waals surface area contributed by atoms with Crippen molar-refractivity contribution < 1.29 is 13.2 Å². The fourth-order valence-electron chi connectivity index (χ4n) is 3.44. The van der Waals surface area contributed by atoms with Crippen LogP contribution in [0.15, 0.2) is 47.4 Å². The molecular weight excluding hydrogens is 372 g/mol. The molecule has 2 aromatic carbocycles. The molecule has 1 amide bonds. The van der Waals surface area contributed by atoms with E-state index in [-0.39, 0.29) is 16.2 Å². The van der Waals surface area contributed by atoms with Crippen molar-refractivity contribution in [3.63, 3.8) is 0 Å². The third-order valence-corrected chi connectivity index (χ3v) is 6.41. The highest BCUT2D eigenvalue weighted by atomic mass is 32.2. The molecule has 5 nitrogen and oxygen atoms in total. The molecule has 0 unspecified atom stereocenters. The number of amides is 1. The Hall–Kier alpha value is -2.34. The lowest BCUT2D eigenvalue weighted by atomic mass is 9.87. The van der Waals surface area contributed by atoms with Gasteiger partial charge in [-0.3, -0.25) is 9.52 Å². The predicted octanol–water partition coefficient (Wildman–Crippen LogP) is 4.47. The molecule has 1 aliphatic rings. The van der Waals surface area contributed by atoms with Gasteiger partial charge in [-0.2, -0.15) is 0 Å². The van der Waals surface area contributed by atoms with Crippen molar-refractivity contribution in [2.24, 2.45) is 0 Å². The van der Waals surface area contributed by atoms with Crippen molar-refractivity contribution in [3.05, 3.63) is 53.6 Å². The number of carbonyl (C=O) groups excluding carboxylic acids is 1. The van der Waals surface area contributed by atoms with Gasteiger partial charge in [-0.1, -0.05) is 39.8 Å². The molecule has 0 atom stereocenters. The second-order valence-corrected chi connectivity index (χ2v) is 9.95. The summed E-state index contributed by atoms with van der Waals surface area (Å²) in [5.74, 6) is 0.126. The molecule has 0 fully saturated rings. The van der Waals surface area contributed by atoms with E-state index < -0.39 is 10.0 Å². The predicted molar refractivity (Wildman–Crippen MR) is 113 cm³/mol. The van der Waals surface area contributed by atoms with Gasteiger partial charge in [0, 0.05) is 24.3 Å². The van der Waals surface area contributed by atoms with Crippen LogP contribution < -0.4 is 9.62 Å². The molecule has 0 radical (unpaired) electrons. The zero-order valence-electron chi connectivity index (χ0n) is 17.0. The van der Waals surface area contributed by atoms with E-state index in [9.17, 15) is 13.2 Å². The largest absolute Gasteiger partial charge is 0.312 e. The average Bonchev–Trinajstić information content (AvgIpc) is 2.63. The standard InChI is InChI=1S/C22H28N2O3S/c1-5-14-24-20-12-9-18(15-16(20)6-13-21(24)25)23-28(26,27)19-10-7-17(8-11-19)22(2,3)4/h7-12,15,23H,5-6,13-14H2,1-4H3. The van der Waals surface area contributed by atoms with E-state index in [1.54, 1.807) is 23.1 Å². The van der Waals surface area contributed by atoms with Gasteiger partial charge in [0.15, 0.2) is 0 Å². The Morgan fingerprint density at radius 2 is 1.71 bits per heavy atom. The van der Waals surface area contributed by atoms with Gasteiger partial charge >= 0.3 is 0 Å².